The Morgan fingerprint density at radius 2 is 0.435 bits per heavy atom. The Morgan fingerprint density at radius 3 is 0.718 bits per heavy atom. The topological polar surface area (TPSA) is 6.48 Å². The maximum absolute atomic E-state index is 4.01. The van der Waals surface area contributed by atoms with Gasteiger partial charge in [0.25, 0.3) is 0 Å². The van der Waals surface area contributed by atoms with Crippen LogP contribution in [0.15, 0.2) is 316 Å². The average molecular weight is 1090 g/mol. The number of hydrogen-bond acceptors (Lipinski definition) is 2. The highest BCUT2D eigenvalue weighted by molar-refractivity contribution is 5.88. The van der Waals surface area contributed by atoms with Gasteiger partial charge in [0, 0.05) is 34.1 Å². The van der Waals surface area contributed by atoms with Crippen LogP contribution < -0.4 is 9.80 Å². The third kappa shape index (κ3) is 12.5. The Bertz CT molecular complexity index is 4420. The Morgan fingerprint density at radius 1 is 0.212 bits per heavy atom. The lowest BCUT2D eigenvalue weighted by Gasteiger charge is -2.28. The lowest BCUT2D eigenvalue weighted by atomic mass is 9.97. The van der Waals surface area contributed by atoms with Crippen LogP contribution in [0.2, 0.25) is 0 Å². The molecule has 12 aromatic rings. The summed E-state index contributed by atoms with van der Waals surface area (Å²) in [6.45, 7) is 10.2. The zero-order chi connectivity index (χ0) is 57.9. The first kappa shape index (κ1) is 54.8. The van der Waals surface area contributed by atoms with Crippen molar-refractivity contribution in [2.24, 2.45) is 0 Å². The number of benzene rings is 12. The summed E-state index contributed by atoms with van der Waals surface area (Å²) in [5.74, 6) is 0. The van der Waals surface area contributed by atoms with Crippen LogP contribution in [0.4, 0.5) is 34.1 Å². The molecule has 0 fully saturated rings. The van der Waals surface area contributed by atoms with Gasteiger partial charge in [-0.15, -0.1) is 0 Å². The zero-order valence-corrected chi connectivity index (χ0v) is 48.4. The number of nitrogens with zero attached hydrogens (tertiary/aromatic N) is 2. The van der Waals surface area contributed by atoms with Crippen LogP contribution in [-0.4, -0.2) is 0 Å². The van der Waals surface area contributed by atoms with Crippen LogP contribution in [0.25, 0.3) is 102 Å². The van der Waals surface area contributed by atoms with Crippen molar-refractivity contribution in [3.63, 3.8) is 0 Å². The van der Waals surface area contributed by atoms with Crippen LogP contribution in [0.5, 0.6) is 0 Å². The molecule has 12 rings (SSSR count). The third-order valence-electron chi connectivity index (χ3n) is 15.6. The fraction of sp³-hybridized carbons (Fsp3) is 0.0361. The van der Waals surface area contributed by atoms with Crippen molar-refractivity contribution in [3.05, 3.63) is 338 Å². The van der Waals surface area contributed by atoms with E-state index in [-0.39, 0.29) is 0 Å². The second kappa shape index (κ2) is 25.6. The standard InChI is InChI=1S/C83H66N2/c1-5-19-61-23-10-27-67(51-61)73-33-14-31-71(55-73)65-44-48-79(49-45-65)85(81-39-16-35-75(57-81)69-29-12-25-63(53-69)21-7-3)83-41-18-37-77(59-83)76-36-17-40-82(58-76)84(80-38-15-34-74(56-80)68-28-11-24-62(52-68)20-6-2)78-46-42-64(43-47-78)70-30-13-32-72(54-70)66-26-9-22-60(8-4)50-66/h5-59H,4H2,1-3H3/b19-5+,20-6+,21-7+. The maximum atomic E-state index is 4.01. The van der Waals surface area contributed by atoms with Crippen LogP contribution in [0, 0.1) is 0 Å². The summed E-state index contributed by atoms with van der Waals surface area (Å²) < 4.78 is 0. The molecule has 0 aromatic heterocycles. The molecule has 0 aliphatic carbocycles. The molecule has 2 heteroatoms. The highest BCUT2D eigenvalue weighted by Gasteiger charge is 2.19. The minimum atomic E-state index is 1.05. The predicted octanol–water partition coefficient (Wildman–Crippen LogP) is 24.0. The van der Waals surface area contributed by atoms with Gasteiger partial charge in [0.15, 0.2) is 0 Å². The third-order valence-corrected chi connectivity index (χ3v) is 15.6. The van der Waals surface area contributed by atoms with E-state index >= 15 is 0 Å². The van der Waals surface area contributed by atoms with Gasteiger partial charge in [-0.1, -0.05) is 231 Å². The van der Waals surface area contributed by atoms with Gasteiger partial charge in [0.05, 0.1) is 0 Å². The summed E-state index contributed by atoms with van der Waals surface area (Å²) in [7, 11) is 0. The summed E-state index contributed by atoms with van der Waals surface area (Å²) in [4.78, 5) is 4.77. The van der Waals surface area contributed by atoms with E-state index in [1.165, 1.54) is 55.6 Å². The monoisotopic (exact) mass is 1090 g/mol. The van der Waals surface area contributed by atoms with E-state index in [2.05, 4.69) is 365 Å². The molecule has 12 aromatic carbocycles. The van der Waals surface area contributed by atoms with E-state index in [1.54, 1.807) is 0 Å². The average Bonchev–Trinajstić information content (AvgIpc) is 3.49. The van der Waals surface area contributed by atoms with E-state index < -0.39 is 0 Å². The Labute approximate surface area is 502 Å². The molecule has 0 N–H and O–H groups in total. The molecular formula is C83H66N2. The summed E-state index contributed by atoms with van der Waals surface area (Å²) in [5.41, 5.74) is 27.2. The minimum absolute atomic E-state index is 1.05. The summed E-state index contributed by atoms with van der Waals surface area (Å²) in [6.07, 6.45) is 14.6. The zero-order valence-electron chi connectivity index (χ0n) is 48.4. The van der Waals surface area contributed by atoms with E-state index in [9.17, 15) is 0 Å². The molecule has 0 saturated carbocycles. The molecule has 0 spiro atoms. The van der Waals surface area contributed by atoms with Crippen molar-refractivity contribution < 1.29 is 0 Å². The van der Waals surface area contributed by atoms with E-state index in [1.807, 2.05) is 6.08 Å². The van der Waals surface area contributed by atoms with E-state index in [0.29, 0.717) is 0 Å². The first-order valence-corrected chi connectivity index (χ1v) is 29.2. The molecule has 0 unspecified atom stereocenters. The molecular weight excluding hydrogens is 1020 g/mol. The second-order valence-corrected chi connectivity index (χ2v) is 21.3. The first-order valence-electron chi connectivity index (χ1n) is 29.2. The number of hydrogen-bond donors (Lipinski definition) is 0. The van der Waals surface area contributed by atoms with Crippen LogP contribution in [-0.2, 0) is 0 Å². The lowest BCUT2D eigenvalue weighted by molar-refractivity contribution is 1.28. The van der Waals surface area contributed by atoms with Crippen molar-refractivity contribution >= 4 is 58.4 Å². The molecule has 0 amide bonds. The summed E-state index contributed by atoms with van der Waals surface area (Å²) in [5, 5.41) is 0. The summed E-state index contributed by atoms with van der Waals surface area (Å²) >= 11 is 0. The van der Waals surface area contributed by atoms with E-state index in [0.717, 1.165) is 78.6 Å². The van der Waals surface area contributed by atoms with Gasteiger partial charge in [-0.05, 0) is 230 Å². The molecule has 0 aliphatic rings. The molecule has 0 bridgehead atoms. The van der Waals surface area contributed by atoms with Gasteiger partial charge in [-0.2, -0.15) is 0 Å². The number of rotatable bonds is 17. The van der Waals surface area contributed by atoms with Crippen LogP contribution in [0.3, 0.4) is 0 Å². The van der Waals surface area contributed by atoms with Gasteiger partial charge < -0.3 is 9.80 Å². The fourth-order valence-electron chi connectivity index (χ4n) is 11.4. The van der Waals surface area contributed by atoms with Crippen molar-refractivity contribution in [2.75, 3.05) is 9.80 Å². The van der Waals surface area contributed by atoms with Gasteiger partial charge in [-0.25, -0.2) is 0 Å². The molecule has 2 nitrogen and oxygen atoms in total. The van der Waals surface area contributed by atoms with Gasteiger partial charge in [0.1, 0.15) is 0 Å². The maximum Gasteiger partial charge on any atom is 0.0467 e. The minimum Gasteiger partial charge on any atom is -0.310 e. The lowest BCUT2D eigenvalue weighted by Crippen LogP contribution is -2.10. The van der Waals surface area contributed by atoms with Crippen molar-refractivity contribution in [3.8, 4) is 77.9 Å². The molecule has 85 heavy (non-hydrogen) atoms. The normalized spacial score (nSPS) is 11.4. The highest BCUT2D eigenvalue weighted by atomic mass is 15.1. The highest BCUT2D eigenvalue weighted by Crippen LogP contribution is 2.43. The molecule has 0 aliphatic heterocycles. The molecule has 0 saturated heterocycles. The molecule has 408 valence electrons. The van der Waals surface area contributed by atoms with Gasteiger partial charge in [-0.3, -0.25) is 0 Å². The number of anilines is 6. The number of allylic oxidation sites excluding steroid dienone is 3. The first-order chi connectivity index (χ1) is 41.9. The quantitative estimate of drug-likeness (QED) is 0.0897. The van der Waals surface area contributed by atoms with Crippen molar-refractivity contribution in [1.29, 1.82) is 0 Å². The summed E-state index contributed by atoms with van der Waals surface area (Å²) in [6, 6.07) is 106. The molecule has 0 atom stereocenters. The Kier molecular flexibility index (Phi) is 16.5. The fourth-order valence-corrected chi connectivity index (χ4v) is 11.4. The molecule has 0 radical (unpaired) electrons. The predicted molar refractivity (Wildman–Crippen MR) is 368 cm³/mol. The smallest absolute Gasteiger partial charge is 0.0467 e. The largest absolute Gasteiger partial charge is 0.310 e. The van der Waals surface area contributed by atoms with Crippen LogP contribution in [0.1, 0.15) is 43.0 Å². The SMILES string of the molecule is C=Cc1cccc(-c2cccc(-c3ccc(N(c4cccc(-c5cccc(/C=C/C)c5)c4)c4cccc(-c5cccc(N(c6ccc(-c7cccc(-c8cccc(/C=C/C)c8)c7)cc6)c6cccc(-c7cccc(/C=C/C)c7)c6)c5)c4)cc3)c2)c1. The van der Waals surface area contributed by atoms with Crippen molar-refractivity contribution in [2.45, 2.75) is 20.8 Å². The Balaban J connectivity index is 0.932. The van der Waals surface area contributed by atoms with Gasteiger partial charge in [0.2, 0.25) is 0 Å². The second-order valence-electron chi connectivity index (χ2n) is 21.3. The van der Waals surface area contributed by atoms with Gasteiger partial charge >= 0.3 is 0 Å². The molecule has 0 heterocycles. The van der Waals surface area contributed by atoms with Crippen LogP contribution >= 0.6 is 0 Å². The van der Waals surface area contributed by atoms with E-state index in [4.69, 9.17) is 0 Å². The Hall–Kier alpha value is -10.8. The van der Waals surface area contributed by atoms with Crippen molar-refractivity contribution in [1.82, 2.24) is 0 Å².